The molecule has 0 aliphatic heterocycles. The Kier molecular flexibility index (Phi) is 5.51. The van der Waals surface area contributed by atoms with Gasteiger partial charge in [0.15, 0.2) is 0 Å². The molecule has 0 aliphatic carbocycles. The van der Waals surface area contributed by atoms with Crippen molar-refractivity contribution >= 4 is 15.5 Å². The Morgan fingerprint density at radius 2 is 1.67 bits per heavy atom. The minimum Gasteiger partial charge on any atom is -0.395 e. The third-order valence-electron chi connectivity index (χ3n) is 2.51. The van der Waals surface area contributed by atoms with Crippen molar-refractivity contribution in [2.24, 2.45) is 0 Å². The van der Waals surface area contributed by atoms with Gasteiger partial charge in [-0.2, -0.15) is 22.0 Å². The topological polar surface area (TPSA) is 57.6 Å². The number of alkyl halides is 5. The first-order chi connectivity index (χ1) is 9.58. The van der Waals surface area contributed by atoms with Crippen molar-refractivity contribution in [2.45, 2.75) is 16.8 Å². The molecule has 1 rings (SSSR count). The van der Waals surface area contributed by atoms with Crippen molar-refractivity contribution in [3.63, 3.8) is 0 Å². The minimum absolute atomic E-state index is 0.0328. The molecule has 0 atom stereocenters. The molecule has 0 fully saturated rings. The number of nitrogens with zero attached hydrogens (tertiary/aromatic N) is 1. The number of aliphatic hydroxyl groups excluding tert-OH is 1. The van der Waals surface area contributed by atoms with Gasteiger partial charge in [0.1, 0.15) is 6.54 Å². The predicted octanol–water partition coefficient (Wildman–Crippen LogP) is 2.04. The molecule has 21 heavy (non-hydrogen) atoms. The maximum atomic E-state index is 12.4. The highest BCUT2D eigenvalue weighted by Gasteiger charge is 2.31. The van der Waals surface area contributed by atoms with Gasteiger partial charge in [-0.3, -0.25) is 0 Å². The quantitative estimate of drug-likeness (QED) is 0.810. The first kappa shape index (κ1) is 17.6. The lowest BCUT2D eigenvalue weighted by Crippen LogP contribution is -2.36. The zero-order valence-electron chi connectivity index (χ0n) is 10.5. The van der Waals surface area contributed by atoms with Crippen LogP contribution in [0.15, 0.2) is 29.2 Å². The third kappa shape index (κ3) is 4.81. The minimum atomic E-state index is -4.79. The van der Waals surface area contributed by atoms with E-state index in [0.29, 0.717) is 0 Å². The fourth-order valence-electron chi connectivity index (χ4n) is 1.59. The van der Waals surface area contributed by atoms with Crippen LogP contribution in [0, 0.1) is 0 Å². The maximum Gasteiger partial charge on any atom is 0.405 e. The van der Waals surface area contributed by atoms with Crippen LogP contribution in [0.2, 0.25) is 0 Å². The van der Waals surface area contributed by atoms with E-state index in [1.54, 1.807) is 0 Å². The summed E-state index contributed by atoms with van der Waals surface area (Å²) in [5, 5.41) is 8.75. The molecular formula is C11H12F5NO3S. The van der Waals surface area contributed by atoms with Gasteiger partial charge in [-0.1, -0.05) is 0 Å². The Bertz CT molecular complexity index is 556. The number of aliphatic hydroxyl groups is 1. The van der Waals surface area contributed by atoms with E-state index in [1.807, 2.05) is 0 Å². The zero-order chi connectivity index (χ0) is 16.3. The molecule has 0 radical (unpaired) electrons. The van der Waals surface area contributed by atoms with E-state index in [1.165, 1.54) is 0 Å². The van der Waals surface area contributed by atoms with Crippen LogP contribution in [-0.2, 0) is 9.84 Å². The number of rotatable bonds is 6. The number of hydrogen-bond donors (Lipinski definition) is 1. The van der Waals surface area contributed by atoms with Crippen molar-refractivity contribution in [2.75, 3.05) is 24.6 Å². The smallest absolute Gasteiger partial charge is 0.395 e. The fourth-order valence-corrected chi connectivity index (χ4v) is 2.31. The Labute approximate surface area is 117 Å². The third-order valence-corrected chi connectivity index (χ3v) is 3.90. The first-order valence-electron chi connectivity index (χ1n) is 5.62. The molecule has 4 nitrogen and oxygen atoms in total. The van der Waals surface area contributed by atoms with Gasteiger partial charge in [0, 0.05) is 12.2 Å². The molecule has 0 aliphatic rings. The van der Waals surface area contributed by atoms with Crippen molar-refractivity contribution in [1.29, 1.82) is 0 Å². The molecule has 0 unspecified atom stereocenters. The largest absolute Gasteiger partial charge is 0.405 e. The number of benzene rings is 1. The lowest BCUT2D eigenvalue weighted by atomic mass is 10.3. The molecule has 0 saturated carbocycles. The molecule has 0 bridgehead atoms. The second kappa shape index (κ2) is 6.56. The first-order valence-corrected chi connectivity index (χ1v) is 7.17. The molecular weight excluding hydrogens is 321 g/mol. The van der Waals surface area contributed by atoms with E-state index in [2.05, 4.69) is 0 Å². The van der Waals surface area contributed by atoms with Crippen LogP contribution < -0.4 is 4.90 Å². The maximum absolute atomic E-state index is 12.4. The summed E-state index contributed by atoms with van der Waals surface area (Å²) in [5.74, 6) is -3.60. The summed E-state index contributed by atoms with van der Waals surface area (Å²) in [6, 6.07) is 3.57. The van der Waals surface area contributed by atoms with E-state index in [4.69, 9.17) is 5.11 Å². The molecule has 0 spiro atoms. The van der Waals surface area contributed by atoms with E-state index in [-0.39, 0.29) is 12.2 Å². The van der Waals surface area contributed by atoms with Crippen molar-refractivity contribution in [3.8, 4) is 0 Å². The second-order valence-corrected chi connectivity index (χ2v) is 5.98. The summed E-state index contributed by atoms with van der Waals surface area (Å²) in [7, 11) is -4.79. The van der Waals surface area contributed by atoms with Gasteiger partial charge < -0.3 is 10.0 Å². The van der Waals surface area contributed by atoms with E-state index in [0.717, 1.165) is 29.2 Å². The van der Waals surface area contributed by atoms with E-state index in [9.17, 15) is 30.4 Å². The van der Waals surface area contributed by atoms with Gasteiger partial charge in [-0.25, -0.2) is 8.42 Å². The molecule has 0 saturated heterocycles. The number of sulfone groups is 1. The van der Waals surface area contributed by atoms with Gasteiger partial charge in [-0.05, 0) is 24.3 Å². The van der Waals surface area contributed by atoms with Crippen molar-refractivity contribution < 1.29 is 35.5 Å². The van der Waals surface area contributed by atoms with Gasteiger partial charge in [0.25, 0.3) is 0 Å². The average molecular weight is 333 g/mol. The zero-order valence-corrected chi connectivity index (χ0v) is 11.3. The highest BCUT2D eigenvalue weighted by Crippen LogP contribution is 2.25. The van der Waals surface area contributed by atoms with Crippen LogP contribution in [0.1, 0.15) is 0 Å². The van der Waals surface area contributed by atoms with Crippen molar-refractivity contribution in [1.82, 2.24) is 0 Å². The molecule has 0 heterocycles. The Hall–Kier alpha value is -1.42. The second-order valence-electron chi connectivity index (χ2n) is 4.06. The van der Waals surface area contributed by atoms with Crippen LogP contribution in [0.4, 0.5) is 27.6 Å². The van der Waals surface area contributed by atoms with Gasteiger partial charge in [0.05, 0.1) is 11.5 Å². The van der Waals surface area contributed by atoms with E-state index < -0.39 is 39.8 Å². The lowest BCUT2D eigenvalue weighted by Gasteiger charge is -2.25. The molecule has 0 amide bonds. The highest BCUT2D eigenvalue weighted by atomic mass is 32.2. The Morgan fingerprint density at radius 1 is 1.14 bits per heavy atom. The van der Waals surface area contributed by atoms with Crippen molar-refractivity contribution in [3.05, 3.63) is 24.3 Å². The summed E-state index contributed by atoms with van der Waals surface area (Å²) in [6.07, 6.45) is -4.52. The molecule has 1 N–H and O–H groups in total. The van der Waals surface area contributed by atoms with Crippen LogP contribution in [0.5, 0.6) is 0 Å². The standard InChI is InChI=1S/C11H12F5NO3S/c12-10(13)21(19,20)9-3-1-8(2-4-9)17(5-6-18)7-11(14,15)16/h1-4,10,18H,5-7H2. The Morgan fingerprint density at radius 3 is 2.05 bits per heavy atom. The number of hydrogen-bond acceptors (Lipinski definition) is 4. The fraction of sp³-hybridized carbons (Fsp3) is 0.455. The summed E-state index contributed by atoms with van der Waals surface area (Å²) >= 11 is 0. The predicted molar refractivity (Wildman–Crippen MR) is 65.0 cm³/mol. The van der Waals surface area contributed by atoms with Gasteiger partial charge >= 0.3 is 11.9 Å². The normalized spacial score (nSPS) is 12.7. The number of halogens is 5. The monoisotopic (exact) mass is 333 g/mol. The Balaban J connectivity index is 3.03. The SMILES string of the molecule is O=S(=O)(c1ccc(N(CCO)CC(F)(F)F)cc1)C(F)F. The molecule has 0 aromatic heterocycles. The molecule has 10 heteroatoms. The van der Waals surface area contributed by atoms with E-state index >= 15 is 0 Å². The highest BCUT2D eigenvalue weighted by molar-refractivity contribution is 7.91. The summed E-state index contributed by atoms with van der Waals surface area (Å²) in [4.78, 5) is 0.0795. The molecule has 1 aromatic carbocycles. The van der Waals surface area contributed by atoms with Gasteiger partial charge in [0.2, 0.25) is 9.84 Å². The summed E-state index contributed by atoms with van der Waals surface area (Å²) in [5.41, 5.74) is -0.0328. The summed E-state index contributed by atoms with van der Waals surface area (Å²) < 4.78 is 84.1. The summed E-state index contributed by atoms with van der Waals surface area (Å²) in [6.45, 7) is -2.23. The molecule has 120 valence electrons. The lowest BCUT2D eigenvalue weighted by molar-refractivity contribution is -0.119. The van der Waals surface area contributed by atoms with Gasteiger partial charge in [-0.15, -0.1) is 0 Å². The number of anilines is 1. The van der Waals surface area contributed by atoms with Crippen LogP contribution in [0.25, 0.3) is 0 Å². The van der Waals surface area contributed by atoms with Crippen LogP contribution in [0.3, 0.4) is 0 Å². The van der Waals surface area contributed by atoms with Crippen LogP contribution in [-0.4, -0.2) is 45.2 Å². The average Bonchev–Trinajstić information content (AvgIpc) is 2.36. The molecule has 1 aromatic rings. The van der Waals surface area contributed by atoms with Crippen LogP contribution >= 0.6 is 0 Å².